The van der Waals surface area contributed by atoms with E-state index in [1.165, 1.54) is 57.1 Å². The minimum Gasteiger partial charge on any atom is -0.138 e. The van der Waals surface area contributed by atoms with Crippen LogP contribution in [0.3, 0.4) is 0 Å². The van der Waals surface area contributed by atoms with E-state index in [0.29, 0.717) is 0 Å². The molecule has 0 aliphatic rings. The number of hydrogen-bond acceptors (Lipinski definition) is 6. The summed E-state index contributed by atoms with van der Waals surface area (Å²) in [5.41, 5.74) is 0. The predicted octanol–water partition coefficient (Wildman–Crippen LogP) is 9.96. The summed E-state index contributed by atoms with van der Waals surface area (Å²) in [6.07, 6.45) is 6.88. The Balaban J connectivity index is 1.36. The highest BCUT2D eigenvalue weighted by Crippen LogP contribution is 2.46. The van der Waals surface area contributed by atoms with Crippen LogP contribution in [0.15, 0.2) is 24.3 Å². The molecule has 0 unspecified atom stereocenters. The standard InChI is InChI=1S/C22H16S6/c1-3-11-7-15-19(23-11)21-17(27-15)9-13(25-21)5-6-14-10-18-22(26-14)20-16(28-18)8-12(4-2)24-20/h5-10H,3-4H2,1-2H3/b6-5+. The van der Waals surface area contributed by atoms with E-state index in [1.807, 2.05) is 68.0 Å². The molecular formula is C22H16S6. The zero-order valence-corrected chi connectivity index (χ0v) is 20.2. The van der Waals surface area contributed by atoms with Gasteiger partial charge in [0.1, 0.15) is 0 Å². The van der Waals surface area contributed by atoms with Crippen LogP contribution < -0.4 is 0 Å². The van der Waals surface area contributed by atoms with Crippen molar-refractivity contribution >= 4 is 118 Å². The lowest BCUT2D eigenvalue weighted by Gasteiger charge is -1.85. The molecule has 0 bridgehead atoms. The molecule has 0 aliphatic heterocycles. The summed E-state index contributed by atoms with van der Waals surface area (Å²) in [6.45, 7) is 4.49. The fourth-order valence-corrected chi connectivity index (χ4v) is 11.3. The molecule has 6 aromatic rings. The van der Waals surface area contributed by atoms with Gasteiger partial charge >= 0.3 is 0 Å². The van der Waals surface area contributed by atoms with E-state index < -0.39 is 0 Å². The van der Waals surface area contributed by atoms with Crippen LogP contribution in [-0.4, -0.2) is 0 Å². The first kappa shape index (κ1) is 17.8. The van der Waals surface area contributed by atoms with Crippen molar-refractivity contribution in [1.29, 1.82) is 0 Å². The quantitative estimate of drug-likeness (QED) is 0.239. The molecule has 28 heavy (non-hydrogen) atoms. The van der Waals surface area contributed by atoms with Crippen LogP contribution in [0.1, 0.15) is 33.4 Å². The Morgan fingerprint density at radius 3 is 1.36 bits per heavy atom. The lowest BCUT2D eigenvalue weighted by atomic mass is 10.3. The minimum absolute atomic E-state index is 1.14. The third-order valence-corrected chi connectivity index (χ3v) is 12.7. The Morgan fingerprint density at radius 1 is 0.536 bits per heavy atom. The van der Waals surface area contributed by atoms with E-state index in [-0.39, 0.29) is 0 Å². The summed E-state index contributed by atoms with van der Waals surface area (Å²) in [6, 6.07) is 9.47. The van der Waals surface area contributed by atoms with Gasteiger partial charge in [0.2, 0.25) is 0 Å². The molecule has 6 aromatic heterocycles. The second-order valence-electron chi connectivity index (χ2n) is 6.74. The van der Waals surface area contributed by atoms with E-state index in [1.54, 1.807) is 0 Å². The van der Waals surface area contributed by atoms with Crippen LogP contribution in [-0.2, 0) is 12.8 Å². The van der Waals surface area contributed by atoms with Gasteiger partial charge in [-0.25, -0.2) is 0 Å². The highest BCUT2D eigenvalue weighted by atomic mass is 32.1. The molecule has 0 nitrogen and oxygen atoms in total. The maximum atomic E-state index is 2.38. The van der Waals surface area contributed by atoms with Gasteiger partial charge in [-0.15, -0.1) is 68.0 Å². The molecular weight excluding hydrogens is 457 g/mol. The van der Waals surface area contributed by atoms with Crippen molar-refractivity contribution < 1.29 is 0 Å². The van der Waals surface area contributed by atoms with Crippen LogP contribution in [0.4, 0.5) is 0 Å². The molecule has 0 atom stereocenters. The van der Waals surface area contributed by atoms with Crippen LogP contribution in [0.25, 0.3) is 49.8 Å². The maximum Gasteiger partial charge on any atom is 0.0635 e. The number of rotatable bonds is 4. The third kappa shape index (κ3) is 2.77. The summed E-state index contributed by atoms with van der Waals surface area (Å²) in [7, 11) is 0. The smallest absolute Gasteiger partial charge is 0.0635 e. The average molecular weight is 473 g/mol. The predicted molar refractivity (Wildman–Crippen MR) is 138 cm³/mol. The fraction of sp³-hybridized carbons (Fsp3) is 0.182. The average Bonchev–Trinajstić information content (AvgIpc) is 3.46. The molecule has 0 aromatic carbocycles. The Kier molecular flexibility index (Phi) is 4.30. The number of hydrogen-bond donors (Lipinski definition) is 0. The summed E-state index contributed by atoms with van der Waals surface area (Å²) in [4.78, 5) is 5.72. The highest BCUT2D eigenvalue weighted by molar-refractivity contribution is 7.39. The lowest BCUT2D eigenvalue weighted by Crippen LogP contribution is -1.64. The number of thiophene rings is 6. The van der Waals surface area contributed by atoms with Crippen molar-refractivity contribution in [1.82, 2.24) is 0 Å². The second kappa shape index (κ2) is 6.76. The van der Waals surface area contributed by atoms with Crippen molar-refractivity contribution in [3.8, 4) is 0 Å². The second-order valence-corrected chi connectivity index (χ2v) is 13.3. The summed E-state index contributed by atoms with van der Waals surface area (Å²) in [5.74, 6) is 0. The Morgan fingerprint density at radius 2 is 0.929 bits per heavy atom. The van der Waals surface area contributed by atoms with Crippen molar-refractivity contribution in [2.75, 3.05) is 0 Å². The molecule has 0 aliphatic carbocycles. The van der Waals surface area contributed by atoms with Gasteiger partial charge in [0.15, 0.2) is 0 Å². The molecule has 140 valence electrons. The van der Waals surface area contributed by atoms with Crippen molar-refractivity contribution in [2.45, 2.75) is 26.7 Å². The normalized spacial score (nSPS) is 12.8. The zero-order chi connectivity index (χ0) is 18.8. The van der Waals surface area contributed by atoms with E-state index in [4.69, 9.17) is 0 Å². The lowest BCUT2D eigenvalue weighted by molar-refractivity contribution is 1.19. The van der Waals surface area contributed by atoms with E-state index in [9.17, 15) is 0 Å². The topological polar surface area (TPSA) is 0 Å². The van der Waals surface area contributed by atoms with Crippen molar-refractivity contribution in [3.63, 3.8) is 0 Å². The van der Waals surface area contributed by atoms with Gasteiger partial charge in [-0.2, -0.15) is 0 Å². The van der Waals surface area contributed by atoms with Crippen LogP contribution in [0.5, 0.6) is 0 Å². The first-order valence-electron chi connectivity index (χ1n) is 9.29. The number of fused-ring (bicyclic) bond motifs is 6. The van der Waals surface area contributed by atoms with Gasteiger partial charge in [-0.1, -0.05) is 13.8 Å². The molecule has 0 spiro atoms. The Labute approximate surface area is 187 Å². The molecule has 0 amide bonds. The molecule has 0 saturated carbocycles. The molecule has 6 heteroatoms. The van der Waals surface area contributed by atoms with Crippen LogP contribution in [0, 0.1) is 0 Å². The first-order chi connectivity index (χ1) is 13.7. The molecule has 0 N–H and O–H groups in total. The highest BCUT2D eigenvalue weighted by Gasteiger charge is 2.13. The molecule has 0 fully saturated rings. The van der Waals surface area contributed by atoms with Gasteiger partial charge in [-0.3, -0.25) is 0 Å². The molecule has 0 radical (unpaired) electrons. The maximum absolute atomic E-state index is 2.38. The van der Waals surface area contributed by atoms with Crippen molar-refractivity contribution in [3.05, 3.63) is 43.8 Å². The van der Waals surface area contributed by atoms with Gasteiger partial charge in [0.05, 0.1) is 18.8 Å². The van der Waals surface area contributed by atoms with E-state index in [2.05, 4.69) is 50.3 Å². The van der Waals surface area contributed by atoms with Gasteiger partial charge in [0.25, 0.3) is 0 Å². The minimum atomic E-state index is 1.14. The van der Waals surface area contributed by atoms with Crippen LogP contribution in [0.2, 0.25) is 0 Å². The molecule has 6 heterocycles. The van der Waals surface area contributed by atoms with E-state index >= 15 is 0 Å². The SMILES string of the molecule is CCc1cc2sc3cc(/C=C/c4cc5sc6cc(CC)sc6c5s4)sc3c2s1. The number of aryl methyl sites for hydroxylation is 2. The Bertz CT molecular complexity index is 1370. The molecule has 6 rings (SSSR count). The van der Waals surface area contributed by atoms with Crippen molar-refractivity contribution in [2.24, 2.45) is 0 Å². The first-order valence-corrected chi connectivity index (χ1v) is 14.2. The summed E-state index contributed by atoms with van der Waals surface area (Å²) in [5, 5.41) is 0. The monoisotopic (exact) mass is 472 g/mol. The largest absolute Gasteiger partial charge is 0.138 e. The van der Waals surface area contributed by atoms with Gasteiger partial charge in [0, 0.05) is 38.3 Å². The summed E-state index contributed by atoms with van der Waals surface area (Å²) >= 11 is 11.7. The van der Waals surface area contributed by atoms with Gasteiger partial charge < -0.3 is 0 Å². The van der Waals surface area contributed by atoms with Crippen LogP contribution >= 0.6 is 68.0 Å². The van der Waals surface area contributed by atoms with E-state index in [0.717, 1.165) is 12.8 Å². The third-order valence-electron chi connectivity index (χ3n) is 4.89. The zero-order valence-electron chi connectivity index (χ0n) is 15.3. The fourth-order valence-electron chi connectivity index (χ4n) is 3.48. The summed E-state index contributed by atoms with van der Waals surface area (Å²) < 4.78 is 11.7. The van der Waals surface area contributed by atoms with Gasteiger partial charge in [-0.05, 0) is 49.3 Å². The Hall–Kier alpha value is -1.02. The molecule has 0 saturated heterocycles.